The number of carbonyl (C=O) groups is 6. The van der Waals surface area contributed by atoms with Gasteiger partial charge in [-0.05, 0) is 205 Å². The third-order valence-corrected chi connectivity index (χ3v) is 23.9. The van der Waals surface area contributed by atoms with E-state index in [9.17, 15) is 38.4 Å². The van der Waals surface area contributed by atoms with E-state index >= 15 is 0 Å². The molecular formula is C93H170N13O13P. The molecule has 2 heterocycles. The van der Waals surface area contributed by atoms with E-state index in [-0.39, 0.29) is 74.6 Å². The number of hydrogen-bond donors (Lipinski definition) is 8. The largest absolute Gasteiger partial charge is 0.480 e. The molecule has 0 fully saturated rings. The molecule has 0 aliphatic carbocycles. The van der Waals surface area contributed by atoms with Gasteiger partial charge in [0.25, 0.3) is 11.9 Å². The van der Waals surface area contributed by atoms with Gasteiger partial charge < -0.3 is 75.8 Å². The first kappa shape index (κ1) is 108. The van der Waals surface area contributed by atoms with E-state index in [0.29, 0.717) is 138 Å². The Hall–Kier alpha value is -6.50. The van der Waals surface area contributed by atoms with Gasteiger partial charge in [0, 0.05) is 57.9 Å². The molecule has 3 rings (SSSR count). The Bertz CT molecular complexity index is 3340. The highest BCUT2D eigenvalue weighted by atomic mass is 31.2. The lowest BCUT2D eigenvalue weighted by Crippen LogP contribution is -2.45. The second kappa shape index (κ2) is 58.6. The quantitative estimate of drug-likeness (QED) is 0.0148. The molecule has 9 N–H and O–H groups in total. The summed E-state index contributed by atoms with van der Waals surface area (Å²) in [7, 11) is -3.56. The van der Waals surface area contributed by atoms with Gasteiger partial charge in [0.2, 0.25) is 17.8 Å². The maximum absolute atomic E-state index is 15.0. The van der Waals surface area contributed by atoms with E-state index in [1.54, 1.807) is 54.8 Å². The second-order valence-corrected chi connectivity index (χ2v) is 40.8. The molecule has 3 aromatic rings. The summed E-state index contributed by atoms with van der Waals surface area (Å²) >= 11 is 0. The van der Waals surface area contributed by atoms with Crippen LogP contribution < -0.4 is 37.6 Å². The van der Waals surface area contributed by atoms with Crippen LogP contribution in [0.4, 0.5) is 26.1 Å². The Labute approximate surface area is 725 Å². The van der Waals surface area contributed by atoms with Crippen molar-refractivity contribution >= 4 is 66.5 Å². The number of alkyl carbamates (subject to hydrolysis) is 1. The Morgan fingerprint density at radius 3 is 1.38 bits per heavy atom. The van der Waals surface area contributed by atoms with Crippen LogP contribution in [-0.4, -0.2) is 178 Å². The zero-order chi connectivity index (χ0) is 89.3. The third kappa shape index (κ3) is 50.9. The fourth-order valence-corrected chi connectivity index (χ4v) is 16.2. The number of imidazole rings is 1. The minimum absolute atomic E-state index is 0.139. The smallest absolute Gasteiger partial charge is 0.410 e. The summed E-state index contributed by atoms with van der Waals surface area (Å²) in [4.78, 5) is 96.9. The number of nitrogens with zero attached hydrogens (tertiary/aromatic N) is 6. The maximum atomic E-state index is 15.0. The van der Waals surface area contributed by atoms with Crippen LogP contribution in [0.25, 0.3) is 11.2 Å². The lowest BCUT2D eigenvalue weighted by atomic mass is 9.91. The number of rotatable bonds is 65. The van der Waals surface area contributed by atoms with Gasteiger partial charge in [-0.15, -0.1) is 0 Å². The summed E-state index contributed by atoms with van der Waals surface area (Å²) in [6.45, 7) is 45.4. The molecule has 0 saturated heterocycles. The van der Waals surface area contributed by atoms with Crippen LogP contribution in [0.3, 0.4) is 0 Å². The number of anilines is 2. The number of aromatic nitrogens is 4. The molecule has 26 nitrogen and oxygen atoms in total. The summed E-state index contributed by atoms with van der Waals surface area (Å²) in [6, 6.07) is 5.83. The van der Waals surface area contributed by atoms with Crippen molar-refractivity contribution in [2.45, 2.75) is 360 Å². The molecular weight excluding hydrogens is 1540 g/mol. The van der Waals surface area contributed by atoms with Crippen LogP contribution in [0.5, 0.6) is 6.01 Å². The Morgan fingerprint density at radius 2 is 0.925 bits per heavy atom. The number of nitrogens with two attached hydrogens (primary N) is 1. The molecule has 1 aromatic carbocycles. The first-order valence-electron chi connectivity index (χ1n) is 46.6. The fourth-order valence-electron chi connectivity index (χ4n) is 14.5. The molecule has 2 aromatic heterocycles. The van der Waals surface area contributed by atoms with Gasteiger partial charge in [-0.3, -0.25) is 23.5 Å². The molecule has 0 aliphatic heterocycles. The van der Waals surface area contributed by atoms with E-state index in [1.165, 1.54) is 94.5 Å². The summed E-state index contributed by atoms with van der Waals surface area (Å²) in [6.07, 6.45) is 28.5. The van der Waals surface area contributed by atoms with Crippen molar-refractivity contribution in [1.29, 1.82) is 0 Å². The number of hydrogen-bond acceptors (Lipinski definition) is 19. The Morgan fingerprint density at radius 1 is 0.483 bits per heavy atom. The zero-order valence-corrected chi connectivity index (χ0v) is 79.6. The topological polar surface area (TPSA) is 334 Å². The molecule has 0 spiro atoms. The predicted molar refractivity (Wildman–Crippen MR) is 489 cm³/mol. The maximum Gasteiger partial charge on any atom is 0.410 e. The van der Waals surface area contributed by atoms with Gasteiger partial charge >= 0.3 is 25.9 Å². The minimum Gasteiger partial charge on any atom is -0.480 e. The third-order valence-electron chi connectivity index (χ3n) is 21.9. The number of aromatic hydroxyl groups is 1. The van der Waals surface area contributed by atoms with Crippen molar-refractivity contribution < 1.29 is 61.7 Å². The van der Waals surface area contributed by atoms with Gasteiger partial charge in [0.05, 0.1) is 38.5 Å². The average molecular weight is 1710 g/mol. The fraction of sp³-hybridized carbons (Fsp3) is 0.817. The monoisotopic (exact) mass is 1710 g/mol. The first-order valence-corrected chi connectivity index (χ1v) is 48.3. The number of carbonyl (C=O) groups excluding carboxylic acids is 6. The molecule has 6 amide bonds. The molecule has 6 unspecified atom stereocenters. The zero-order valence-electron chi connectivity index (χ0n) is 78.7. The van der Waals surface area contributed by atoms with E-state index in [0.717, 1.165) is 80.6 Å². The van der Waals surface area contributed by atoms with Gasteiger partial charge in [-0.25, -0.2) is 14.4 Å². The molecule has 7 atom stereocenters. The van der Waals surface area contributed by atoms with Crippen LogP contribution in [0.15, 0.2) is 24.3 Å². The summed E-state index contributed by atoms with van der Waals surface area (Å²) in [5, 5.41) is 28.9. The van der Waals surface area contributed by atoms with Crippen molar-refractivity contribution in [3.05, 3.63) is 35.4 Å². The van der Waals surface area contributed by atoms with Gasteiger partial charge in [-0.2, -0.15) is 15.0 Å². The Balaban J connectivity index is 1.74. The highest BCUT2D eigenvalue weighted by Gasteiger charge is 2.29. The van der Waals surface area contributed by atoms with Crippen LogP contribution in [-0.2, 0) is 44.0 Å². The van der Waals surface area contributed by atoms with Crippen molar-refractivity contribution in [2.24, 2.45) is 47.3 Å². The molecule has 0 saturated carbocycles. The van der Waals surface area contributed by atoms with Crippen LogP contribution >= 0.6 is 7.60 Å². The summed E-state index contributed by atoms with van der Waals surface area (Å²) in [5.74, 6) is 4.69. The van der Waals surface area contributed by atoms with Crippen molar-refractivity contribution in [3.8, 4) is 6.01 Å². The highest BCUT2D eigenvalue weighted by molar-refractivity contribution is 7.53. The predicted octanol–water partition coefficient (Wildman–Crippen LogP) is 20.6. The standard InChI is InChI=1S/C93H170N13O13P/c1-21-22-55-98-86-102-82(94)81-83(103-86)106(87(110)101-81)68-77-49-51-78(52-50-77)84(108)100-67-80(107)96-56-24-23-48-79(85(109)97-57-33-62-104(89(112)118-92(15,16)17)60-25-26-61-105(90(113)119-93(18,19)20)63-34-58-99-88(111)117-91(12,13)14)95-59-35-66-120(114,115-64-53-75(10)46-31-44-73(8)42-29-40-71(6)38-27-36-69(2)3)116-65-54-76(11)47-32-45-74(9)43-30-41-72(7)39-28-37-70(4)5/h49-52,69-76,79,95H,21-48,53-68H2,1-20H3,(H,96,107)(H,97,109)(H,99,111)(H,100,108)(H,101,110)(H3,94,98,102,103)/t71?,72?,73?,74?,75?,76?,79-,120?/m0/s1. The van der Waals surface area contributed by atoms with Crippen molar-refractivity contribution in [3.63, 3.8) is 0 Å². The number of benzene rings is 1. The lowest BCUT2D eigenvalue weighted by molar-refractivity contribution is -0.123. The number of ether oxygens (including phenoxy) is 3. The van der Waals surface area contributed by atoms with Crippen LogP contribution in [0, 0.1) is 47.3 Å². The molecule has 0 bridgehead atoms. The second-order valence-electron chi connectivity index (χ2n) is 38.6. The Kier molecular flexibility index (Phi) is 52.6. The van der Waals surface area contributed by atoms with E-state index in [2.05, 4.69) is 123 Å². The number of nitrogens with one attached hydrogen (secondary N) is 6. The molecule has 0 radical (unpaired) electrons. The normalized spacial score (nSPS) is 14.3. The minimum atomic E-state index is -3.56. The summed E-state index contributed by atoms with van der Waals surface area (Å²) < 4.78 is 46.3. The van der Waals surface area contributed by atoms with E-state index < -0.39 is 54.6 Å². The number of unbranched alkanes of at least 4 members (excludes halogenated alkanes) is 3. The molecule has 120 heavy (non-hydrogen) atoms. The first-order chi connectivity index (χ1) is 56.6. The number of fused-ring (bicyclic) bond motifs is 1. The van der Waals surface area contributed by atoms with Crippen LogP contribution in [0.2, 0.25) is 0 Å². The van der Waals surface area contributed by atoms with Crippen molar-refractivity contribution in [2.75, 3.05) is 95.9 Å². The average Bonchev–Trinajstić information content (AvgIpc) is 1.63. The molecule has 0 aliphatic rings. The molecule has 690 valence electrons. The van der Waals surface area contributed by atoms with Crippen molar-refractivity contribution in [1.82, 2.24) is 55.9 Å². The van der Waals surface area contributed by atoms with E-state index in [1.807, 2.05) is 41.5 Å². The highest BCUT2D eigenvalue weighted by Crippen LogP contribution is 2.49. The van der Waals surface area contributed by atoms with Gasteiger partial charge in [-0.1, -0.05) is 210 Å². The summed E-state index contributed by atoms with van der Waals surface area (Å²) in [5.41, 5.74) is 5.77. The number of amides is 6. The van der Waals surface area contributed by atoms with Gasteiger partial charge in [0.15, 0.2) is 17.0 Å². The van der Waals surface area contributed by atoms with E-state index in [4.69, 9.17) is 29.0 Å². The van der Waals surface area contributed by atoms with Crippen LogP contribution in [0.1, 0.15) is 347 Å². The lowest BCUT2D eigenvalue weighted by Gasteiger charge is -2.29. The SMILES string of the molecule is CCCCNc1nc(N)c2nc(O)n(Cc3ccc(C(=O)NCC(=O)NCCCC[C@H](NCCCP(=O)(OCCC(C)CCCC(C)CCCC(C)CCCC(C)C)OCCC(C)CCCC(C)CCCC(C)CCCC(C)C)C(=O)NCCCN(CCCCN(CCCNC(=O)OC(C)(C)C)C(=O)OC(C)(C)C)C(=O)OC(C)(C)C)cc3)c2n1. The number of nitrogen functional groups attached to an aromatic ring is 1. The molecule has 27 heteroatoms. The van der Waals surface area contributed by atoms with Gasteiger partial charge in [0.1, 0.15) is 16.8 Å².